The molecule has 1 heterocycles. The maximum atomic E-state index is 8.62. The first-order chi connectivity index (χ1) is 8.40. The highest BCUT2D eigenvalue weighted by Crippen LogP contribution is 2.12. The Morgan fingerprint density at radius 2 is 2.18 bits per heavy atom. The van der Waals surface area contributed by atoms with Crippen LogP contribution in [0.2, 0.25) is 0 Å². The van der Waals surface area contributed by atoms with Crippen LogP contribution in [0.25, 0.3) is 0 Å². The molecule has 1 N–H and O–H groups in total. The van der Waals surface area contributed by atoms with E-state index in [0.717, 1.165) is 5.56 Å². The topological polar surface area (TPSA) is 51.0 Å². The number of benzene rings is 1. The molecule has 1 aliphatic heterocycles. The van der Waals surface area contributed by atoms with Crippen LogP contribution in [0.5, 0.6) is 0 Å². The Balaban J connectivity index is 1.82. The fourth-order valence-electron chi connectivity index (χ4n) is 1.63. The quantitative estimate of drug-likeness (QED) is 0.754. The van der Waals surface area contributed by atoms with E-state index in [1.165, 1.54) is 0 Å². The van der Waals surface area contributed by atoms with Crippen LogP contribution in [-0.4, -0.2) is 43.5 Å². The third kappa shape index (κ3) is 3.54. The van der Waals surface area contributed by atoms with Crippen LogP contribution >= 0.6 is 0 Å². The molecule has 2 rings (SSSR count). The molecule has 0 fully saturated rings. The first-order valence-electron chi connectivity index (χ1n) is 5.85. The molecular formula is C13H17NO3. The van der Waals surface area contributed by atoms with Crippen molar-refractivity contribution in [3.8, 4) is 0 Å². The highest BCUT2D eigenvalue weighted by molar-refractivity contribution is 5.95. The van der Waals surface area contributed by atoms with E-state index in [1.807, 2.05) is 30.3 Å². The Bertz CT molecular complexity index is 364. The average Bonchev–Trinajstić information content (AvgIpc) is 2.85. The summed E-state index contributed by atoms with van der Waals surface area (Å²) in [6.45, 7) is 1.86. The number of ether oxygens (including phenoxy) is 2. The van der Waals surface area contributed by atoms with E-state index in [-0.39, 0.29) is 12.6 Å². The van der Waals surface area contributed by atoms with Crippen LogP contribution in [0.15, 0.2) is 35.3 Å². The van der Waals surface area contributed by atoms with E-state index in [2.05, 4.69) is 4.99 Å². The second-order valence-electron chi connectivity index (χ2n) is 3.92. The first kappa shape index (κ1) is 12.1. The summed E-state index contributed by atoms with van der Waals surface area (Å²) >= 11 is 0. The molecule has 0 saturated carbocycles. The molecule has 1 aliphatic rings. The van der Waals surface area contributed by atoms with E-state index in [9.17, 15) is 0 Å². The molecule has 1 aromatic carbocycles. The highest BCUT2D eigenvalue weighted by atomic mass is 16.5. The molecule has 0 saturated heterocycles. The smallest absolute Gasteiger partial charge is 0.216 e. The molecule has 0 aromatic heterocycles. The standard InChI is InChI=1S/C13H17NO3/c15-7-4-8-16-9-12-10-17-13(14-12)11-5-2-1-3-6-11/h1-3,5-6,12,15H,4,7-10H2. The molecule has 4 heteroatoms. The summed E-state index contributed by atoms with van der Waals surface area (Å²) in [7, 11) is 0. The summed E-state index contributed by atoms with van der Waals surface area (Å²) in [6.07, 6.45) is 0.669. The second kappa shape index (κ2) is 6.37. The van der Waals surface area contributed by atoms with Gasteiger partial charge < -0.3 is 14.6 Å². The van der Waals surface area contributed by atoms with Crippen molar-refractivity contribution >= 4 is 5.90 Å². The molecule has 17 heavy (non-hydrogen) atoms. The van der Waals surface area contributed by atoms with E-state index in [1.54, 1.807) is 0 Å². The zero-order valence-corrected chi connectivity index (χ0v) is 9.71. The van der Waals surface area contributed by atoms with Crippen molar-refractivity contribution in [3.63, 3.8) is 0 Å². The monoisotopic (exact) mass is 235 g/mol. The van der Waals surface area contributed by atoms with Crippen molar-refractivity contribution < 1.29 is 14.6 Å². The molecule has 0 spiro atoms. The van der Waals surface area contributed by atoms with Gasteiger partial charge in [0.25, 0.3) is 0 Å². The third-order valence-electron chi connectivity index (χ3n) is 2.49. The highest BCUT2D eigenvalue weighted by Gasteiger charge is 2.19. The van der Waals surface area contributed by atoms with Gasteiger partial charge >= 0.3 is 0 Å². The van der Waals surface area contributed by atoms with Crippen LogP contribution in [-0.2, 0) is 9.47 Å². The van der Waals surface area contributed by atoms with E-state index in [0.29, 0.717) is 32.1 Å². The number of aliphatic imine (C=N–C) groups is 1. The summed E-state index contributed by atoms with van der Waals surface area (Å²) in [5.41, 5.74) is 1.00. The minimum atomic E-state index is 0.0731. The molecule has 0 bridgehead atoms. The summed E-state index contributed by atoms with van der Waals surface area (Å²) < 4.78 is 10.9. The number of aliphatic hydroxyl groups excluding tert-OH is 1. The number of hydrogen-bond acceptors (Lipinski definition) is 4. The van der Waals surface area contributed by atoms with Crippen molar-refractivity contribution in [3.05, 3.63) is 35.9 Å². The van der Waals surface area contributed by atoms with Gasteiger partial charge in [-0.3, -0.25) is 0 Å². The zero-order chi connectivity index (χ0) is 11.9. The van der Waals surface area contributed by atoms with Gasteiger partial charge in [-0.05, 0) is 18.6 Å². The Morgan fingerprint density at radius 3 is 2.94 bits per heavy atom. The van der Waals surface area contributed by atoms with E-state index >= 15 is 0 Å². The number of hydrogen-bond donors (Lipinski definition) is 1. The molecule has 1 unspecified atom stereocenters. The minimum Gasteiger partial charge on any atom is -0.475 e. The molecule has 0 radical (unpaired) electrons. The molecule has 1 aromatic rings. The predicted molar refractivity (Wildman–Crippen MR) is 65.2 cm³/mol. The number of aliphatic hydroxyl groups is 1. The van der Waals surface area contributed by atoms with Gasteiger partial charge in [-0.25, -0.2) is 4.99 Å². The molecule has 92 valence electrons. The van der Waals surface area contributed by atoms with Crippen LogP contribution in [0.3, 0.4) is 0 Å². The Hall–Kier alpha value is -1.39. The number of nitrogens with zero attached hydrogens (tertiary/aromatic N) is 1. The summed E-state index contributed by atoms with van der Waals surface area (Å²) in [5, 5.41) is 8.62. The van der Waals surface area contributed by atoms with E-state index < -0.39 is 0 Å². The molecule has 0 amide bonds. The maximum absolute atomic E-state index is 8.62. The van der Waals surface area contributed by atoms with Crippen molar-refractivity contribution in [2.24, 2.45) is 4.99 Å². The Morgan fingerprint density at radius 1 is 1.35 bits per heavy atom. The first-order valence-corrected chi connectivity index (χ1v) is 5.85. The lowest BCUT2D eigenvalue weighted by atomic mass is 10.2. The van der Waals surface area contributed by atoms with Crippen molar-refractivity contribution in [2.75, 3.05) is 26.4 Å². The summed E-state index contributed by atoms with van der Waals surface area (Å²) in [5.74, 6) is 0.696. The maximum Gasteiger partial charge on any atom is 0.216 e. The van der Waals surface area contributed by atoms with Gasteiger partial charge in [0, 0.05) is 18.8 Å². The van der Waals surface area contributed by atoms with Crippen LogP contribution in [0, 0.1) is 0 Å². The lowest BCUT2D eigenvalue weighted by Crippen LogP contribution is -2.15. The lowest BCUT2D eigenvalue weighted by molar-refractivity contribution is 0.0987. The second-order valence-corrected chi connectivity index (χ2v) is 3.92. The SMILES string of the molecule is OCCCOCC1COC(c2ccccc2)=N1. The van der Waals surface area contributed by atoms with Gasteiger partial charge in [0.05, 0.1) is 6.61 Å². The van der Waals surface area contributed by atoms with Gasteiger partial charge in [-0.1, -0.05) is 18.2 Å². The lowest BCUT2D eigenvalue weighted by Gasteiger charge is -2.05. The minimum absolute atomic E-state index is 0.0731. The van der Waals surface area contributed by atoms with Crippen molar-refractivity contribution in [1.29, 1.82) is 0 Å². The van der Waals surface area contributed by atoms with Crippen LogP contribution in [0.1, 0.15) is 12.0 Å². The van der Waals surface area contributed by atoms with Gasteiger partial charge in [-0.2, -0.15) is 0 Å². The molecule has 4 nitrogen and oxygen atoms in total. The van der Waals surface area contributed by atoms with Gasteiger partial charge in [0.1, 0.15) is 12.6 Å². The average molecular weight is 235 g/mol. The van der Waals surface area contributed by atoms with Crippen molar-refractivity contribution in [2.45, 2.75) is 12.5 Å². The van der Waals surface area contributed by atoms with Crippen LogP contribution < -0.4 is 0 Å². The fourth-order valence-corrected chi connectivity index (χ4v) is 1.63. The number of rotatable bonds is 6. The zero-order valence-electron chi connectivity index (χ0n) is 9.71. The van der Waals surface area contributed by atoms with Gasteiger partial charge in [-0.15, -0.1) is 0 Å². The van der Waals surface area contributed by atoms with Gasteiger partial charge in [0.2, 0.25) is 5.90 Å². The normalized spacial score (nSPS) is 18.9. The largest absolute Gasteiger partial charge is 0.475 e. The fraction of sp³-hybridized carbons (Fsp3) is 0.462. The Labute approximate surface area is 101 Å². The Kier molecular flexibility index (Phi) is 4.53. The van der Waals surface area contributed by atoms with Crippen LogP contribution in [0.4, 0.5) is 0 Å². The van der Waals surface area contributed by atoms with E-state index in [4.69, 9.17) is 14.6 Å². The van der Waals surface area contributed by atoms with Crippen molar-refractivity contribution in [1.82, 2.24) is 0 Å². The van der Waals surface area contributed by atoms with Gasteiger partial charge in [0.15, 0.2) is 0 Å². The third-order valence-corrected chi connectivity index (χ3v) is 2.49. The molecule has 0 aliphatic carbocycles. The summed E-state index contributed by atoms with van der Waals surface area (Å²) in [4.78, 5) is 4.46. The molecular weight excluding hydrogens is 218 g/mol. The molecule has 1 atom stereocenters. The summed E-state index contributed by atoms with van der Waals surface area (Å²) in [6, 6.07) is 9.93. The predicted octanol–water partition coefficient (Wildman–Crippen LogP) is 1.23.